The molecule has 0 unspecified atom stereocenters. The molecule has 0 amide bonds. The van der Waals surface area contributed by atoms with Crippen molar-refractivity contribution < 1.29 is 0 Å². The third kappa shape index (κ3) is 3.24. The molecule has 0 N–H and O–H groups in total. The summed E-state index contributed by atoms with van der Waals surface area (Å²) in [7, 11) is 0. The molecule has 1 aliphatic heterocycles. The summed E-state index contributed by atoms with van der Waals surface area (Å²) in [5, 5.41) is 5.35. The second kappa shape index (κ2) is 8.49. The number of nitrogens with zero attached hydrogens (tertiary/aromatic N) is 2. The van der Waals surface area contributed by atoms with E-state index >= 15 is 0 Å². The Bertz CT molecular complexity index is 2280. The first-order chi connectivity index (χ1) is 19.8. The van der Waals surface area contributed by atoms with Crippen molar-refractivity contribution in [1.29, 1.82) is 0 Å². The summed E-state index contributed by atoms with van der Waals surface area (Å²) in [5.74, 6) is 0. The van der Waals surface area contributed by atoms with E-state index in [0.29, 0.717) is 0 Å². The third-order valence-corrected chi connectivity index (χ3v) is 10.1. The van der Waals surface area contributed by atoms with Gasteiger partial charge in [0.2, 0.25) is 0 Å². The van der Waals surface area contributed by atoms with Crippen LogP contribution in [-0.4, -0.2) is 9.97 Å². The van der Waals surface area contributed by atoms with Crippen LogP contribution in [-0.2, 0) is 0 Å². The second-order valence-electron chi connectivity index (χ2n) is 10.2. The predicted octanol–water partition coefficient (Wildman–Crippen LogP) is 10.6. The minimum Gasteiger partial charge on any atom is -0.244 e. The van der Waals surface area contributed by atoms with E-state index in [2.05, 4.69) is 109 Å². The molecule has 0 radical (unpaired) electrons. The summed E-state index contributed by atoms with van der Waals surface area (Å²) in [4.78, 5) is 13.2. The molecular weight excluding hydrogens is 525 g/mol. The van der Waals surface area contributed by atoms with Crippen LogP contribution in [0.25, 0.3) is 75.6 Å². The Morgan fingerprint density at radius 3 is 1.90 bits per heavy atom. The minimum absolute atomic E-state index is 0.905. The topological polar surface area (TPSA) is 25.8 Å². The van der Waals surface area contributed by atoms with Crippen LogP contribution in [0.1, 0.15) is 0 Å². The lowest BCUT2D eigenvalue weighted by Gasteiger charge is -2.18. The quantitative estimate of drug-likeness (QED) is 0.221. The fraction of sp³-hybridized carbons (Fsp3) is 0. The molecule has 3 heterocycles. The maximum Gasteiger partial charge on any atom is 0.0979 e. The molecule has 2 nitrogen and oxygen atoms in total. The lowest BCUT2D eigenvalue weighted by molar-refractivity contribution is 1.30. The van der Waals surface area contributed by atoms with Gasteiger partial charge in [0.25, 0.3) is 0 Å². The number of fused-ring (bicyclic) bond motifs is 1. The van der Waals surface area contributed by atoms with Crippen LogP contribution in [0.5, 0.6) is 0 Å². The van der Waals surface area contributed by atoms with Gasteiger partial charge in [-0.1, -0.05) is 96.7 Å². The first-order valence-electron chi connectivity index (χ1n) is 13.3. The van der Waals surface area contributed by atoms with Gasteiger partial charge in [0.1, 0.15) is 0 Å². The van der Waals surface area contributed by atoms with Crippen molar-refractivity contribution in [2.45, 2.75) is 9.79 Å². The largest absolute Gasteiger partial charge is 0.244 e. The lowest BCUT2D eigenvalue weighted by Crippen LogP contribution is -1.97. The van der Waals surface area contributed by atoms with Crippen LogP contribution in [0.15, 0.2) is 131 Å². The molecule has 0 saturated heterocycles. The number of para-hydroxylation sites is 2. The number of hydrogen-bond donors (Lipinski definition) is 0. The smallest absolute Gasteiger partial charge is 0.0979 e. The van der Waals surface area contributed by atoms with Gasteiger partial charge in [-0.15, -0.1) is 11.3 Å². The molecule has 9 rings (SSSR count). The molecule has 0 bridgehead atoms. The molecule has 8 aromatic rings. The van der Waals surface area contributed by atoms with Gasteiger partial charge in [-0.05, 0) is 52.9 Å². The summed E-state index contributed by atoms with van der Waals surface area (Å²) < 4.78 is 2.65. The zero-order valence-corrected chi connectivity index (χ0v) is 22.9. The van der Waals surface area contributed by atoms with Crippen molar-refractivity contribution in [1.82, 2.24) is 9.97 Å². The molecule has 2 aromatic heterocycles. The van der Waals surface area contributed by atoms with Gasteiger partial charge in [0.15, 0.2) is 0 Å². The summed E-state index contributed by atoms with van der Waals surface area (Å²) in [6.45, 7) is 0. The molecule has 0 fully saturated rings. The van der Waals surface area contributed by atoms with E-state index in [1.807, 2.05) is 35.2 Å². The molecule has 0 atom stereocenters. The van der Waals surface area contributed by atoms with E-state index in [9.17, 15) is 0 Å². The van der Waals surface area contributed by atoms with Gasteiger partial charge in [-0.3, -0.25) is 0 Å². The molecule has 186 valence electrons. The molecule has 4 heteroatoms. The van der Waals surface area contributed by atoms with E-state index in [1.54, 1.807) is 0 Å². The number of hydrogen-bond acceptors (Lipinski definition) is 4. The first-order valence-corrected chi connectivity index (χ1v) is 15.0. The Labute approximate surface area is 239 Å². The summed E-state index contributed by atoms with van der Waals surface area (Å²) in [6, 6.07) is 43.1. The first kappa shape index (κ1) is 22.3. The van der Waals surface area contributed by atoms with E-state index in [4.69, 9.17) is 9.97 Å². The maximum absolute atomic E-state index is 5.29. The van der Waals surface area contributed by atoms with Gasteiger partial charge in [-0.25, -0.2) is 9.97 Å². The van der Waals surface area contributed by atoms with Crippen LogP contribution >= 0.6 is 23.1 Å². The van der Waals surface area contributed by atoms with Crippen molar-refractivity contribution >= 4 is 65.1 Å². The highest BCUT2D eigenvalue weighted by atomic mass is 32.2. The summed E-state index contributed by atoms with van der Waals surface area (Å²) in [5.41, 5.74) is 8.26. The number of thiophene rings is 1. The van der Waals surface area contributed by atoms with Crippen molar-refractivity contribution in [2.24, 2.45) is 0 Å². The summed E-state index contributed by atoms with van der Waals surface area (Å²) in [6.07, 6.45) is 0. The Morgan fingerprint density at radius 2 is 1.10 bits per heavy atom. The Hall–Kier alpha value is -4.51. The van der Waals surface area contributed by atoms with Crippen molar-refractivity contribution in [3.05, 3.63) is 121 Å². The Balaban J connectivity index is 1.35. The molecule has 0 spiro atoms. The van der Waals surface area contributed by atoms with Gasteiger partial charge < -0.3 is 0 Å². The molecular formula is C36H20N2S2. The van der Waals surface area contributed by atoms with E-state index in [0.717, 1.165) is 33.5 Å². The van der Waals surface area contributed by atoms with Crippen LogP contribution in [0.2, 0.25) is 0 Å². The van der Waals surface area contributed by atoms with Crippen LogP contribution in [0, 0.1) is 0 Å². The van der Waals surface area contributed by atoms with Gasteiger partial charge in [0, 0.05) is 46.5 Å². The van der Waals surface area contributed by atoms with Crippen LogP contribution < -0.4 is 0 Å². The average molecular weight is 545 g/mol. The predicted molar refractivity (Wildman–Crippen MR) is 170 cm³/mol. The highest BCUT2D eigenvalue weighted by molar-refractivity contribution is 8.00. The lowest BCUT2D eigenvalue weighted by atomic mass is 9.94. The van der Waals surface area contributed by atoms with E-state index in [-0.39, 0.29) is 0 Å². The number of rotatable bonds is 3. The number of aromatic nitrogens is 2. The SMILES string of the molecule is c1ccc(-c2ccc(-c3nc4ccccc4nc3-c3cc4sc5cccc6c5c4c4c(cccc34)S6)cc2)cc1. The highest BCUT2D eigenvalue weighted by Gasteiger charge is 2.24. The standard InChI is InChI=1S/C36H20N2S2/c1-2-8-21(9-3-1)22-16-18-23(19-17-22)35-36(38-27-12-5-4-11-26(27)37-35)25-20-31-34-32-24(25)10-6-13-28(32)39-29-14-7-15-30(40-31)33(29)34/h1-20H. The monoisotopic (exact) mass is 544 g/mol. The zero-order chi connectivity index (χ0) is 26.2. The van der Waals surface area contributed by atoms with Gasteiger partial charge in [0.05, 0.1) is 22.4 Å². The van der Waals surface area contributed by atoms with Gasteiger partial charge >= 0.3 is 0 Å². The molecule has 40 heavy (non-hydrogen) atoms. The van der Waals surface area contributed by atoms with Crippen molar-refractivity contribution in [3.63, 3.8) is 0 Å². The number of benzene rings is 6. The van der Waals surface area contributed by atoms with Crippen LogP contribution in [0.4, 0.5) is 0 Å². The van der Waals surface area contributed by atoms with Gasteiger partial charge in [-0.2, -0.15) is 0 Å². The average Bonchev–Trinajstić information content (AvgIpc) is 3.40. The fourth-order valence-corrected chi connectivity index (χ4v) is 8.44. The maximum atomic E-state index is 5.29. The van der Waals surface area contributed by atoms with Crippen molar-refractivity contribution in [3.8, 4) is 33.6 Å². The third-order valence-electron chi connectivity index (χ3n) is 7.86. The fourth-order valence-electron chi connectivity index (χ4n) is 6.03. The summed E-state index contributed by atoms with van der Waals surface area (Å²) >= 11 is 3.76. The Morgan fingerprint density at radius 1 is 0.450 bits per heavy atom. The molecule has 6 aromatic carbocycles. The van der Waals surface area contributed by atoms with E-state index in [1.165, 1.54) is 51.9 Å². The zero-order valence-electron chi connectivity index (χ0n) is 21.3. The molecule has 0 saturated carbocycles. The minimum atomic E-state index is 0.905. The highest BCUT2D eigenvalue weighted by Crippen LogP contribution is 2.53. The van der Waals surface area contributed by atoms with Crippen LogP contribution in [0.3, 0.4) is 0 Å². The molecule has 1 aliphatic rings. The second-order valence-corrected chi connectivity index (χ2v) is 12.3. The molecule has 0 aliphatic carbocycles. The van der Waals surface area contributed by atoms with Crippen molar-refractivity contribution in [2.75, 3.05) is 0 Å². The van der Waals surface area contributed by atoms with E-state index < -0.39 is 0 Å². The normalized spacial score (nSPS) is 12.4. The Kier molecular flexibility index (Phi) is 4.74.